The Bertz CT molecular complexity index is 303. The summed E-state index contributed by atoms with van der Waals surface area (Å²) in [4.78, 5) is 16.6. The summed E-state index contributed by atoms with van der Waals surface area (Å²) in [6.07, 6.45) is 4.12. The third-order valence-electron chi connectivity index (χ3n) is 4.46. The number of carbonyl (C=O) groups excluding carboxylic acids is 1. The van der Waals surface area contributed by atoms with E-state index in [0.717, 1.165) is 64.7 Å². The summed E-state index contributed by atoms with van der Waals surface area (Å²) in [5.41, 5.74) is 5.92. The van der Waals surface area contributed by atoms with Crippen LogP contribution in [0, 0.1) is 5.92 Å². The lowest BCUT2D eigenvalue weighted by molar-refractivity contribution is -0.134. The summed E-state index contributed by atoms with van der Waals surface area (Å²) in [7, 11) is 0. The molecular formula is C15H30ClN3O2. The largest absolute Gasteiger partial charge is 0.381 e. The van der Waals surface area contributed by atoms with Gasteiger partial charge in [-0.1, -0.05) is 13.3 Å². The van der Waals surface area contributed by atoms with Crippen molar-refractivity contribution in [2.75, 3.05) is 45.9 Å². The number of amides is 1. The van der Waals surface area contributed by atoms with Crippen molar-refractivity contribution in [1.29, 1.82) is 0 Å². The quantitative estimate of drug-likeness (QED) is 0.824. The van der Waals surface area contributed by atoms with Gasteiger partial charge in [-0.2, -0.15) is 0 Å². The summed E-state index contributed by atoms with van der Waals surface area (Å²) in [6, 6.07) is -0.304. The van der Waals surface area contributed by atoms with E-state index < -0.39 is 0 Å². The lowest BCUT2D eigenvalue weighted by Gasteiger charge is -2.38. The molecule has 1 unspecified atom stereocenters. The van der Waals surface area contributed by atoms with Crippen molar-refractivity contribution in [3.05, 3.63) is 0 Å². The van der Waals surface area contributed by atoms with Crippen LogP contribution in [-0.4, -0.2) is 67.7 Å². The van der Waals surface area contributed by atoms with Crippen LogP contribution in [-0.2, 0) is 9.53 Å². The highest BCUT2D eigenvalue weighted by Gasteiger charge is 2.26. The molecule has 124 valence electrons. The Balaban J connectivity index is 0.00000220. The van der Waals surface area contributed by atoms with E-state index in [-0.39, 0.29) is 24.4 Å². The second kappa shape index (κ2) is 9.62. The average molecular weight is 320 g/mol. The van der Waals surface area contributed by atoms with Crippen molar-refractivity contribution < 1.29 is 9.53 Å². The topological polar surface area (TPSA) is 58.8 Å². The monoisotopic (exact) mass is 319 g/mol. The smallest absolute Gasteiger partial charge is 0.239 e. The molecule has 0 bridgehead atoms. The highest BCUT2D eigenvalue weighted by atomic mass is 35.5. The Kier molecular flexibility index (Phi) is 8.56. The van der Waals surface area contributed by atoms with E-state index in [2.05, 4.69) is 11.8 Å². The molecule has 0 aliphatic carbocycles. The lowest BCUT2D eigenvalue weighted by Crippen LogP contribution is -2.53. The summed E-state index contributed by atoms with van der Waals surface area (Å²) >= 11 is 0. The van der Waals surface area contributed by atoms with Crippen LogP contribution in [0.5, 0.6) is 0 Å². The minimum absolute atomic E-state index is 0. The van der Waals surface area contributed by atoms with Crippen LogP contribution in [0.2, 0.25) is 0 Å². The lowest BCUT2D eigenvalue weighted by atomic mass is 9.99. The standard InChI is InChI=1S/C15H29N3O2.ClH/c1-2-3-14(16)15(19)18-8-6-17(7-9-18)12-13-4-10-20-11-5-13;/h13-14H,2-12,16H2,1H3;1H. The van der Waals surface area contributed by atoms with Gasteiger partial charge in [-0.3, -0.25) is 9.69 Å². The number of ether oxygens (including phenoxy) is 1. The Morgan fingerprint density at radius 3 is 2.43 bits per heavy atom. The van der Waals surface area contributed by atoms with Crippen LogP contribution in [0.4, 0.5) is 0 Å². The van der Waals surface area contributed by atoms with Crippen LogP contribution in [0.25, 0.3) is 0 Å². The predicted molar refractivity (Wildman–Crippen MR) is 86.7 cm³/mol. The van der Waals surface area contributed by atoms with Gasteiger partial charge in [-0.15, -0.1) is 12.4 Å². The zero-order chi connectivity index (χ0) is 14.4. The summed E-state index contributed by atoms with van der Waals surface area (Å²) in [5, 5.41) is 0. The minimum Gasteiger partial charge on any atom is -0.381 e. The molecule has 0 spiro atoms. The zero-order valence-corrected chi connectivity index (χ0v) is 13.9. The number of hydrogen-bond donors (Lipinski definition) is 1. The van der Waals surface area contributed by atoms with E-state index in [1.165, 1.54) is 12.8 Å². The molecule has 2 aliphatic rings. The van der Waals surface area contributed by atoms with Crippen molar-refractivity contribution in [3.63, 3.8) is 0 Å². The number of carbonyl (C=O) groups is 1. The maximum atomic E-state index is 12.2. The second-order valence-corrected chi connectivity index (χ2v) is 6.08. The molecule has 0 aromatic heterocycles. The molecule has 6 heteroatoms. The molecule has 21 heavy (non-hydrogen) atoms. The summed E-state index contributed by atoms with van der Waals surface area (Å²) in [5.74, 6) is 0.908. The Morgan fingerprint density at radius 2 is 1.86 bits per heavy atom. The molecule has 2 aliphatic heterocycles. The normalized spacial score (nSPS) is 22.7. The van der Waals surface area contributed by atoms with Gasteiger partial charge in [0.1, 0.15) is 0 Å². The van der Waals surface area contributed by atoms with Crippen molar-refractivity contribution in [2.45, 2.75) is 38.6 Å². The molecule has 0 aromatic carbocycles. The minimum atomic E-state index is -0.304. The molecule has 1 amide bonds. The van der Waals surface area contributed by atoms with Gasteiger partial charge in [0.05, 0.1) is 6.04 Å². The fraction of sp³-hybridized carbons (Fsp3) is 0.933. The highest BCUT2D eigenvalue weighted by molar-refractivity contribution is 5.85. The molecule has 1 atom stereocenters. The van der Waals surface area contributed by atoms with E-state index in [9.17, 15) is 4.79 Å². The number of hydrogen-bond acceptors (Lipinski definition) is 4. The first-order valence-electron chi connectivity index (χ1n) is 8.05. The third kappa shape index (κ3) is 5.74. The number of piperazine rings is 1. The first-order chi connectivity index (χ1) is 9.70. The fourth-order valence-electron chi connectivity index (χ4n) is 3.11. The molecule has 2 rings (SSSR count). The Hall–Kier alpha value is -0.360. The van der Waals surface area contributed by atoms with Gasteiger partial charge < -0.3 is 15.4 Å². The number of nitrogens with zero attached hydrogens (tertiary/aromatic N) is 2. The van der Waals surface area contributed by atoms with Crippen LogP contribution in [0.1, 0.15) is 32.6 Å². The van der Waals surface area contributed by atoms with E-state index in [1.807, 2.05) is 4.90 Å². The number of halogens is 1. The van der Waals surface area contributed by atoms with E-state index >= 15 is 0 Å². The van der Waals surface area contributed by atoms with Gasteiger partial charge in [0.15, 0.2) is 0 Å². The van der Waals surface area contributed by atoms with Gasteiger partial charge >= 0.3 is 0 Å². The van der Waals surface area contributed by atoms with Crippen molar-refractivity contribution >= 4 is 18.3 Å². The second-order valence-electron chi connectivity index (χ2n) is 6.08. The molecule has 0 saturated carbocycles. The van der Waals surface area contributed by atoms with E-state index in [4.69, 9.17) is 10.5 Å². The molecular weight excluding hydrogens is 290 g/mol. The van der Waals surface area contributed by atoms with Crippen LogP contribution < -0.4 is 5.73 Å². The number of rotatable bonds is 5. The molecule has 2 N–H and O–H groups in total. The zero-order valence-electron chi connectivity index (χ0n) is 13.1. The van der Waals surface area contributed by atoms with Gasteiger partial charge in [0, 0.05) is 45.9 Å². The predicted octanol–water partition coefficient (Wildman–Crippen LogP) is 1.11. The van der Waals surface area contributed by atoms with E-state index in [0.29, 0.717) is 0 Å². The molecule has 2 saturated heterocycles. The maximum Gasteiger partial charge on any atom is 0.239 e. The number of nitrogens with two attached hydrogens (primary N) is 1. The molecule has 5 nitrogen and oxygen atoms in total. The molecule has 0 radical (unpaired) electrons. The third-order valence-corrected chi connectivity index (χ3v) is 4.46. The summed E-state index contributed by atoms with van der Waals surface area (Å²) < 4.78 is 5.40. The van der Waals surface area contributed by atoms with Gasteiger partial charge in [0.25, 0.3) is 0 Å². The van der Waals surface area contributed by atoms with Crippen LogP contribution in [0.3, 0.4) is 0 Å². The first kappa shape index (κ1) is 18.7. The van der Waals surface area contributed by atoms with Gasteiger partial charge in [0.2, 0.25) is 5.91 Å². The van der Waals surface area contributed by atoms with E-state index in [1.54, 1.807) is 0 Å². The van der Waals surface area contributed by atoms with Gasteiger partial charge in [-0.25, -0.2) is 0 Å². The van der Waals surface area contributed by atoms with Crippen LogP contribution in [0.15, 0.2) is 0 Å². The molecule has 2 heterocycles. The fourth-order valence-corrected chi connectivity index (χ4v) is 3.11. The Labute approximate surface area is 134 Å². The first-order valence-corrected chi connectivity index (χ1v) is 8.05. The highest BCUT2D eigenvalue weighted by Crippen LogP contribution is 2.17. The maximum absolute atomic E-state index is 12.2. The molecule has 2 fully saturated rings. The SMILES string of the molecule is CCCC(N)C(=O)N1CCN(CC2CCOCC2)CC1.Cl. The van der Waals surface area contributed by atoms with Gasteiger partial charge in [-0.05, 0) is 25.2 Å². The Morgan fingerprint density at radius 1 is 1.24 bits per heavy atom. The average Bonchev–Trinajstić information content (AvgIpc) is 2.48. The van der Waals surface area contributed by atoms with Crippen LogP contribution >= 0.6 is 12.4 Å². The van der Waals surface area contributed by atoms with Crippen molar-refractivity contribution in [1.82, 2.24) is 9.80 Å². The molecule has 0 aromatic rings. The summed E-state index contributed by atoms with van der Waals surface area (Å²) in [6.45, 7) is 8.69. The van der Waals surface area contributed by atoms with Crippen molar-refractivity contribution in [3.8, 4) is 0 Å². The van der Waals surface area contributed by atoms with Crippen molar-refractivity contribution in [2.24, 2.45) is 11.7 Å².